The molecule has 0 fully saturated rings. The summed E-state index contributed by atoms with van der Waals surface area (Å²) in [6, 6.07) is -0.432. The lowest BCUT2D eigenvalue weighted by Crippen LogP contribution is -2.60. The lowest BCUT2D eigenvalue weighted by atomic mass is 9.97. The Bertz CT molecular complexity index is 1950. The molecule has 9 atom stereocenters. The quantitative estimate of drug-likeness (QED) is 0.0466. The molecule has 0 saturated carbocycles. The van der Waals surface area contributed by atoms with Crippen LogP contribution in [-0.2, 0) is 49.6 Å². The van der Waals surface area contributed by atoms with Gasteiger partial charge in [0, 0.05) is 23.5 Å². The molecule has 0 bridgehead atoms. The third kappa shape index (κ3) is 17.8. The molecular formula is C44H71N11O10. The second kappa shape index (κ2) is 27.3. The number of aromatic amines is 1. The van der Waals surface area contributed by atoms with Crippen LogP contribution in [0.2, 0.25) is 0 Å². The zero-order valence-electron chi connectivity index (χ0n) is 38.8. The van der Waals surface area contributed by atoms with E-state index in [9.17, 15) is 48.3 Å². The number of carbonyl (C=O) groups excluding carboxylic acids is 8. The second-order valence-electron chi connectivity index (χ2n) is 16.9. The Morgan fingerprint density at radius 2 is 1.17 bits per heavy atom. The molecule has 0 aliphatic heterocycles. The predicted molar refractivity (Wildman–Crippen MR) is 243 cm³/mol. The molecule has 2 aromatic rings. The van der Waals surface area contributed by atoms with E-state index in [2.05, 4.69) is 47.5 Å². The van der Waals surface area contributed by atoms with Crippen molar-refractivity contribution < 1.29 is 48.3 Å². The Balaban J connectivity index is 2.23. The molecule has 0 unspecified atom stereocenters. The smallest absolute Gasteiger partial charge is 0.326 e. The Labute approximate surface area is 380 Å². The predicted octanol–water partition coefficient (Wildman–Crippen LogP) is -0.820. The van der Waals surface area contributed by atoms with E-state index in [0.29, 0.717) is 37.8 Å². The summed E-state index contributed by atoms with van der Waals surface area (Å²) in [5.41, 5.74) is 12.7. The van der Waals surface area contributed by atoms with Crippen LogP contribution in [-0.4, -0.2) is 125 Å². The highest BCUT2D eigenvalue weighted by Gasteiger charge is 2.34. The zero-order chi connectivity index (χ0) is 49.0. The lowest BCUT2D eigenvalue weighted by Gasteiger charge is -2.28. The number of nitrogens with one attached hydrogen (secondary N) is 9. The number of aliphatic carboxylic acids is 1. The van der Waals surface area contributed by atoms with Gasteiger partial charge in [0.15, 0.2) is 0 Å². The van der Waals surface area contributed by atoms with Crippen LogP contribution in [0.15, 0.2) is 30.5 Å². The summed E-state index contributed by atoms with van der Waals surface area (Å²) >= 11 is 0. The number of nitrogens with two attached hydrogens (primary N) is 2. The first-order valence-electron chi connectivity index (χ1n) is 22.2. The molecule has 0 aliphatic carbocycles. The molecule has 21 heteroatoms. The number of unbranched alkanes of at least 4 members (excludes halogenated alkanes) is 1. The van der Waals surface area contributed by atoms with Gasteiger partial charge >= 0.3 is 5.97 Å². The molecule has 2 rings (SSSR count). The van der Waals surface area contributed by atoms with Gasteiger partial charge in [-0.1, -0.05) is 72.6 Å². The highest BCUT2D eigenvalue weighted by atomic mass is 16.4. The van der Waals surface area contributed by atoms with Crippen molar-refractivity contribution in [3.05, 3.63) is 36.0 Å². The Kier molecular flexibility index (Phi) is 23.1. The van der Waals surface area contributed by atoms with E-state index >= 15 is 0 Å². The van der Waals surface area contributed by atoms with Crippen LogP contribution < -0.4 is 54.0 Å². The number of para-hydroxylation sites is 1. The summed E-state index contributed by atoms with van der Waals surface area (Å²) in [6.07, 6.45) is 3.63. The third-order valence-electron chi connectivity index (χ3n) is 11.2. The molecule has 0 aliphatic rings. The van der Waals surface area contributed by atoms with Crippen LogP contribution in [0.25, 0.3) is 10.9 Å². The van der Waals surface area contributed by atoms with Crippen molar-refractivity contribution in [3.8, 4) is 0 Å². The zero-order valence-corrected chi connectivity index (χ0v) is 38.8. The fraction of sp³-hybridized carbons (Fsp3) is 0.614. The van der Waals surface area contributed by atoms with Crippen LogP contribution in [0.5, 0.6) is 0 Å². The monoisotopic (exact) mass is 914 g/mol. The van der Waals surface area contributed by atoms with Gasteiger partial charge in [0.2, 0.25) is 47.3 Å². The summed E-state index contributed by atoms with van der Waals surface area (Å²) in [7, 11) is 0. The molecule has 0 saturated heterocycles. The molecule has 1 heterocycles. The van der Waals surface area contributed by atoms with E-state index in [0.717, 1.165) is 10.9 Å². The standard InChI is InChI=1S/C44H71N11O10/c1-9-24(5)36(53-33(56)21-48-39(59)27(8)50-38(58)26(7)46)42(62)49-22-34(57)54-37(25(6)10-2)43(63)51-31(17-13-14-18-45)40(60)52-32(41(61)55-35(23(3)4)44(64)65)19-28-20-47-30-16-12-11-15-29(28)30/h11-12,15-16,20,23-27,31-32,35-37,47H,9-10,13-14,17-19,21-22,45-46H2,1-8H3,(H,48,59)(H,49,62)(H,50,58)(H,51,63)(H,52,60)(H,53,56)(H,54,57)(H,55,61)(H,64,65)/t24-,25-,26-,27-,31-,32-,35-,36-,37-/m0/s1. The normalized spacial score (nSPS) is 15.4. The summed E-state index contributed by atoms with van der Waals surface area (Å²) in [5.74, 6) is -8.05. The molecule has 362 valence electrons. The van der Waals surface area contributed by atoms with Gasteiger partial charge in [0.05, 0.1) is 19.1 Å². The minimum Gasteiger partial charge on any atom is -0.480 e. The third-order valence-corrected chi connectivity index (χ3v) is 11.2. The lowest BCUT2D eigenvalue weighted by molar-refractivity contribution is -0.143. The fourth-order valence-corrected chi connectivity index (χ4v) is 6.65. The summed E-state index contributed by atoms with van der Waals surface area (Å²) < 4.78 is 0. The number of amides is 8. The molecule has 0 radical (unpaired) electrons. The van der Waals surface area contributed by atoms with Crippen molar-refractivity contribution in [2.75, 3.05) is 19.6 Å². The molecule has 21 nitrogen and oxygen atoms in total. The maximum absolute atomic E-state index is 14.1. The van der Waals surface area contributed by atoms with E-state index in [1.165, 1.54) is 13.8 Å². The number of hydrogen-bond donors (Lipinski definition) is 12. The van der Waals surface area contributed by atoms with Gasteiger partial charge in [0.1, 0.15) is 36.3 Å². The molecular weight excluding hydrogens is 843 g/mol. The minimum atomic E-state index is -1.25. The summed E-state index contributed by atoms with van der Waals surface area (Å²) in [6.45, 7) is 12.4. The van der Waals surface area contributed by atoms with Crippen molar-refractivity contribution >= 4 is 64.1 Å². The highest BCUT2D eigenvalue weighted by molar-refractivity contribution is 5.97. The number of hydrogen-bond acceptors (Lipinski definition) is 11. The van der Waals surface area contributed by atoms with Gasteiger partial charge in [-0.2, -0.15) is 0 Å². The van der Waals surface area contributed by atoms with E-state index in [4.69, 9.17) is 11.5 Å². The summed E-state index contributed by atoms with van der Waals surface area (Å²) in [5, 5.41) is 31.2. The first-order valence-corrected chi connectivity index (χ1v) is 22.2. The van der Waals surface area contributed by atoms with Gasteiger partial charge < -0.3 is 64.1 Å². The van der Waals surface area contributed by atoms with Gasteiger partial charge in [0.25, 0.3) is 0 Å². The van der Waals surface area contributed by atoms with Crippen molar-refractivity contribution in [1.82, 2.24) is 47.5 Å². The van der Waals surface area contributed by atoms with E-state index < -0.39 is 126 Å². The van der Waals surface area contributed by atoms with Crippen molar-refractivity contribution in [3.63, 3.8) is 0 Å². The van der Waals surface area contributed by atoms with E-state index in [1.807, 2.05) is 24.3 Å². The van der Waals surface area contributed by atoms with Crippen LogP contribution in [0.3, 0.4) is 0 Å². The number of fused-ring (bicyclic) bond motifs is 1. The van der Waals surface area contributed by atoms with Crippen LogP contribution in [0, 0.1) is 17.8 Å². The number of carboxylic acid groups (broad SMARTS) is 1. The first kappa shape index (κ1) is 55.0. The van der Waals surface area contributed by atoms with Gasteiger partial charge in [-0.3, -0.25) is 38.4 Å². The molecule has 65 heavy (non-hydrogen) atoms. The number of carboxylic acids is 1. The maximum atomic E-state index is 14.1. The fourth-order valence-electron chi connectivity index (χ4n) is 6.65. The molecule has 1 aromatic carbocycles. The Morgan fingerprint density at radius 3 is 1.71 bits per heavy atom. The average molecular weight is 914 g/mol. The second-order valence-corrected chi connectivity index (χ2v) is 16.9. The highest BCUT2D eigenvalue weighted by Crippen LogP contribution is 2.20. The SMILES string of the molecule is CC[C@H](C)[C@H](NC(=O)CNC(=O)[C@H](C)NC(=O)[C@H](C)N)C(=O)NCC(=O)N[C@H](C(=O)N[C@@H](CCCCN)C(=O)N[C@@H](Cc1c[nH]c2ccccc12)C(=O)N[C@H](C(=O)O)C(C)C)[C@@H](C)CC. The topological polar surface area (TPSA) is 338 Å². The van der Waals surface area contributed by atoms with E-state index in [-0.39, 0.29) is 12.8 Å². The Hall–Kier alpha value is -6.09. The number of carbonyl (C=O) groups is 9. The molecule has 1 aromatic heterocycles. The minimum absolute atomic E-state index is 0.0138. The molecule has 0 spiro atoms. The van der Waals surface area contributed by atoms with Gasteiger partial charge in [-0.15, -0.1) is 0 Å². The first-order chi connectivity index (χ1) is 30.6. The number of benzene rings is 1. The number of H-pyrrole nitrogens is 1. The van der Waals surface area contributed by atoms with Crippen LogP contribution in [0.4, 0.5) is 0 Å². The Morgan fingerprint density at radius 1 is 0.631 bits per heavy atom. The van der Waals surface area contributed by atoms with Gasteiger partial charge in [-0.05, 0) is 69.0 Å². The van der Waals surface area contributed by atoms with Crippen molar-refractivity contribution in [2.45, 2.75) is 136 Å². The number of aromatic nitrogens is 1. The largest absolute Gasteiger partial charge is 0.480 e. The summed E-state index contributed by atoms with van der Waals surface area (Å²) in [4.78, 5) is 121. The van der Waals surface area contributed by atoms with Crippen LogP contribution >= 0.6 is 0 Å². The van der Waals surface area contributed by atoms with Crippen molar-refractivity contribution in [1.29, 1.82) is 0 Å². The maximum Gasteiger partial charge on any atom is 0.326 e. The van der Waals surface area contributed by atoms with E-state index in [1.54, 1.807) is 47.7 Å². The van der Waals surface area contributed by atoms with Crippen LogP contribution in [0.1, 0.15) is 93.1 Å². The molecule has 14 N–H and O–H groups in total. The molecule has 8 amide bonds. The van der Waals surface area contributed by atoms with Gasteiger partial charge in [-0.25, -0.2) is 4.79 Å². The van der Waals surface area contributed by atoms with Crippen molar-refractivity contribution in [2.24, 2.45) is 29.2 Å². The number of rotatable bonds is 28. The average Bonchev–Trinajstić information content (AvgIpc) is 3.68.